The van der Waals surface area contributed by atoms with E-state index in [0.717, 1.165) is 0 Å². The Kier molecular flexibility index (Phi) is 6.12. The molecule has 0 aliphatic rings. The minimum Gasteiger partial charge on any atom is -0.480 e. The third-order valence-corrected chi connectivity index (χ3v) is 2.63. The van der Waals surface area contributed by atoms with Crippen molar-refractivity contribution < 1.29 is 24.2 Å². The quantitative estimate of drug-likeness (QED) is 0.539. The number of carboxylic acids is 1. The van der Waals surface area contributed by atoms with Crippen molar-refractivity contribution in [2.75, 3.05) is 7.11 Å². The number of aromatic nitrogens is 2. The number of nitrogens with one attached hydrogen (secondary N) is 1. The predicted octanol–water partition coefficient (Wildman–Crippen LogP) is -0.0441. The maximum absolute atomic E-state index is 11.6. The molecule has 0 saturated heterocycles. The molecule has 0 aliphatic heterocycles. The van der Waals surface area contributed by atoms with E-state index in [9.17, 15) is 14.4 Å². The van der Waals surface area contributed by atoms with Crippen molar-refractivity contribution in [2.45, 2.75) is 18.9 Å². The second kappa shape index (κ2) is 7.83. The minimum absolute atomic E-state index is 0.0333. The fourth-order valence-corrected chi connectivity index (χ4v) is 1.54. The summed E-state index contributed by atoms with van der Waals surface area (Å²) in [6.07, 6.45) is 5.88. The van der Waals surface area contributed by atoms with Gasteiger partial charge in [-0.3, -0.25) is 14.3 Å². The number of amides is 1. The van der Waals surface area contributed by atoms with Crippen LogP contribution in [0.5, 0.6) is 0 Å². The van der Waals surface area contributed by atoms with E-state index in [-0.39, 0.29) is 12.8 Å². The average molecular weight is 295 g/mol. The summed E-state index contributed by atoms with van der Waals surface area (Å²) in [5, 5.41) is 15.2. The van der Waals surface area contributed by atoms with Crippen molar-refractivity contribution >= 4 is 23.9 Å². The van der Waals surface area contributed by atoms with Gasteiger partial charge in [0.2, 0.25) is 5.91 Å². The predicted molar refractivity (Wildman–Crippen MR) is 73.1 cm³/mol. The maximum Gasteiger partial charge on any atom is 0.326 e. The molecule has 1 rings (SSSR count). The third-order valence-electron chi connectivity index (χ3n) is 2.63. The second-order valence-electron chi connectivity index (χ2n) is 4.29. The summed E-state index contributed by atoms with van der Waals surface area (Å²) in [5.41, 5.74) is 0.717. The molecule has 114 valence electrons. The number of aliphatic carboxylic acids is 1. The monoisotopic (exact) mass is 295 g/mol. The van der Waals surface area contributed by atoms with Crippen LogP contribution in [0, 0.1) is 0 Å². The first-order chi connectivity index (χ1) is 9.92. The van der Waals surface area contributed by atoms with Gasteiger partial charge in [-0.15, -0.1) is 0 Å². The van der Waals surface area contributed by atoms with Crippen LogP contribution in [-0.4, -0.2) is 45.9 Å². The molecular weight excluding hydrogens is 278 g/mol. The molecule has 1 unspecified atom stereocenters. The van der Waals surface area contributed by atoms with E-state index in [1.54, 1.807) is 24.1 Å². The summed E-state index contributed by atoms with van der Waals surface area (Å²) >= 11 is 0. The number of aryl methyl sites for hydroxylation is 1. The van der Waals surface area contributed by atoms with Gasteiger partial charge in [0.15, 0.2) is 0 Å². The summed E-state index contributed by atoms with van der Waals surface area (Å²) in [4.78, 5) is 33.6. The number of carbonyl (C=O) groups is 3. The van der Waals surface area contributed by atoms with Gasteiger partial charge in [-0.2, -0.15) is 5.10 Å². The van der Waals surface area contributed by atoms with Crippen LogP contribution in [0.2, 0.25) is 0 Å². The fraction of sp³-hybridized carbons (Fsp3) is 0.385. The lowest BCUT2D eigenvalue weighted by Gasteiger charge is -2.12. The van der Waals surface area contributed by atoms with Crippen molar-refractivity contribution in [3.8, 4) is 0 Å². The van der Waals surface area contributed by atoms with Gasteiger partial charge < -0.3 is 15.2 Å². The highest BCUT2D eigenvalue weighted by molar-refractivity contribution is 5.94. The van der Waals surface area contributed by atoms with Crippen LogP contribution >= 0.6 is 0 Å². The molecule has 0 aliphatic carbocycles. The van der Waals surface area contributed by atoms with Crippen LogP contribution in [-0.2, 0) is 26.2 Å². The number of hydrogen-bond donors (Lipinski definition) is 2. The molecule has 1 aromatic rings. The Morgan fingerprint density at radius 1 is 1.52 bits per heavy atom. The average Bonchev–Trinajstić information content (AvgIpc) is 2.86. The zero-order valence-electron chi connectivity index (χ0n) is 11.8. The molecule has 1 atom stereocenters. The van der Waals surface area contributed by atoms with E-state index in [1.165, 1.54) is 19.3 Å². The lowest BCUT2D eigenvalue weighted by atomic mass is 10.1. The van der Waals surface area contributed by atoms with Gasteiger partial charge in [0.05, 0.1) is 13.3 Å². The van der Waals surface area contributed by atoms with E-state index in [4.69, 9.17) is 5.11 Å². The highest BCUT2D eigenvalue weighted by atomic mass is 16.5. The zero-order valence-corrected chi connectivity index (χ0v) is 11.8. The van der Waals surface area contributed by atoms with Crippen molar-refractivity contribution in [2.24, 2.45) is 7.05 Å². The normalized spacial score (nSPS) is 12.1. The largest absolute Gasteiger partial charge is 0.480 e. The molecule has 8 heteroatoms. The van der Waals surface area contributed by atoms with Crippen LogP contribution in [0.3, 0.4) is 0 Å². The SMILES string of the molecule is COC(=O)CCC(NC(=O)/C=C/c1cnn(C)c1)C(=O)O. The Labute approximate surface area is 121 Å². The Morgan fingerprint density at radius 3 is 2.76 bits per heavy atom. The van der Waals surface area contributed by atoms with Crippen molar-refractivity contribution in [1.29, 1.82) is 0 Å². The molecular formula is C13H17N3O5. The fourth-order valence-electron chi connectivity index (χ4n) is 1.54. The third kappa shape index (κ3) is 5.89. The van der Waals surface area contributed by atoms with Crippen LogP contribution in [0.4, 0.5) is 0 Å². The molecule has 0 saturated carbocycles. The summed E-state index contributed by atoms with van der Waals surface area (Å²) in [6.45, 7) is 0. The topological polar surface area (TPSA) is 111 Å². The molecule has 8 nitrogen and oxygen atoms in total. The van der Waals surface area contributed by atoms with Crippen LogP contribution < -0.4 is 5.32 Å². The van der Waals surface area contributed by atoms with Gasteiger partial charge in [0, 0.05) is 31.3 Å². The number of rotatable bonds is 7. The van der Waals surface area contributed by atoms with Crippen LogP contribution in [0.25, 0.3) is 6.08 Å². The molecule has 0 spiro atoms. The first kappa shape index (κ1) is 16.4. The second-order valence-corrected chi connectivity index (χ2v) is 4.29. The number of ether oxygens (including phenoxy) is 1. The summed E-state index contributed by atoms with van der Waals surface area (Å²) < 4.78 is 6.00. The van der Waals surface area contributed by atoms with Gasteiger partial charge in [0.25, 0.3) is 0 Å². The molecule has 2 N–H and O–H groups in total. The van der Waals surface area contributed by atoms with Crippen molar-refractivity contribution in [1.82, 2.24) is 15.1 Å². The number of nitrogens with zero attached hydrogens (tertiary/aromatic N) is 2. The molecule has 1 aromatic heterocycles. The Balaban J connectivity index is 2.54. The van der Waals surface area contributed by atoms with Crippen molar-refractivity contribution in [3.63, 3.8) is 0 Å². The van der Waals surface area contributed by atoms with Crippen molar-refractivity contribution in [3.05, 3.63) is 24.0 Å². The van der Waals surface area contributed by atoms with Crippen LogP contribution in [0.1, 0.15) is 18.4 Å². The highest BCUT2D eigenvalue weighted by Crippen LogP contribution is 2.02. The first-order valence-corrected chi connectivity index (χ1v) is 6.19. The number of carboxylic acid groups (broad SMARTS) is 1. The van der Waals surface area contributed by atoms with E-state index < -0.39 is 23.9 Å². The van der Waals surface area contributed by atoms with Gasteiger partial charge >= 0.3 is 11.9 Å². The maximum atomic E-state index is 11.6. The summed E-state index contributed by atoms with van der Waals surface area (Å²) in [5.74, 6) is -2.29. The Hall–Kier alpha value is -2.64. The van der Waals surface area contributed by atoms with Gasteiger partial charge in [-0.05, 0) is 12.5 Å². The molecule has 1 amide bonds. The standard InChI is InChI=1S/C13H17N3O5/c1-16-8-9(7-14-16)3-5-11(17)15-10(13(19)20)4-6-12(18)21-2/h3,5,7-8,10H,4,6H2,1-2H3,(H,15,17)(H,19,20)/b5-3+. The lowest BCUT2D eigenvalue weighted by Crippen LogP contribution is -2.40. The Bertz CT molecular complexity index is 550. The van der Waals surface area contributed by atoms with E-state index >= 15 is 0 Å². The van der Waals surface area contributed by atoms with E-state index in [0.29, 0.717) is 5.56 Å². The Morgan fingerprint density at radius 2 is 2.24 bits per heavy atom. The highest BCUT2D eigenvalue weighted by Gasteiger charge is 2.20. The van der Waals surface area contributed by atoms with E-state index in [1.807, 2.05) is 0 Å². The molecule has 0 aromatic carbocycles. The van der Waals surface area contributed by atoms with Crippen LogP contribution in [0.15, 0.2) is 18.5 Å². The first-order valence-electron chi connectivity index (χ1n) is 6.19. The minimum atomic E-state index is -1.21. The lowest BCUT2D eigenvalue weighted by molar-refractivity contribution is -0.143. The molecule has 21 heavy (non-hydrogen) atoms. The van der Waals surface area contributed by atoms with E-state index in [2.05, 4.69) is 15.2 Å². The number of methoxy groups -OCH3 is 1. The molecule has 1 heterocycles. The van der Waals surface area contributed by atoms with Gasteiger partial charge in [-0.25, -0.2) is 4.79 Å². The molecule has 0 fully saturated rings. The van der Waals surface area contributed by atoms with Gasteiger partial charge in [0.1, 0.15) is 6.04 Å². The smallest absolute Gasteiger partial charge is 0.326 e. The summed E-state index contributed by atoms with van der Waals surface area (Å²) in [6, 6.07) is -1.14. The number of carbonyl (C=O) groups excluding carboxylic acids is 2. The number of hydrogen-bond acceptors (Lipinski definition) is 5. The zero-order chi connectivity index (χ0) is 15.8. The van der Waals surface area contributed by atoms with Gasteiger partial charge in [-0.1, -0.05) is 0 Å². The summed E-state index contributed by atoms with van der Waals surface area (Å²) in [7, 11) is 2.96. The number of esters is 1. The molecule has 0 bridgehead atoms. The molecule has 0 radical (unpaired) electrons.